The number of nitrogens with zero attached hydrogens (tertiary/aromatic N) is 2. The fourth-order valence-corrected chi connectivity index (χ4v) is 3.27. The van der Waals surface area contributed by atoms with Crippen LogP contribution in [0.5, 0.6) is 11.5 Å². The molecule has 2 heterocycles. The standard InChI is InChI=1S/C20H24N4O5/c1-11-17-12(2)29-20(18(17)19(26)23-22-11)21-16(25)10-24(3)9-13-6-7-14(27-4)8-15(13)28-5/h6-8H,9-10H2,1-5H3,(H,21,25)(H,23,26). The Balaban J connectivity index is 1.73. The molecule has 1 amide bonds. The van der Waals surface area contributed by atoms with Gasteiger partial charge >= 0.3 is 0 Å². The van der Waals surface area contributed by atoms with Gasteiger partial charge in [-0.1, -0.05) is 6.07 Å². The largest absolute Gasteiger partial charge is 0.497 e. The minimum atomic E-state index is -0.408. The molecule has 0 spiro atoms. The number of carbonyl (C=O) groups excluding carboxylic acids is 1. The molecule has 0 aliphatic carbocycles. The molecule has 0 aliphatic heterocycles. The monoisotopic (exact) mass is 400 g/mol. The van der Waals surface area contributed by atoms with E-state index in [4.69, 9.17) is 13.9 Å². The van der Waals surface area contributed by atoms with E-state index in [1.165, 1.54) is 0 Å². The highest BCUT2D eigenvalue weighted by atomic mass is 16.5. The highest BCUT2D eigenvalue weighted by Gasteiger charge is 2.19. The molecule has 1 aromatic carbocycles. The van der Waals surface area contributed by atoms with Gasteiger partial charge in [-0.05, 0) is 27.0 Å². The van der Waals surface area contributed by atoms with Crippen LogP contribution in [0.2, 0.25) is 0 Å². The summed E-state index contributed by atoms with van der Waals surface area (Å²) in [4.78, 5) is 26.5. The minimum Gasteiger partial charge on any atom is -0.497 e. The molecule has 154 valence electrons. The summed E-state index contributed by atoms with van der Waals surface area (Å²) < 4.78 is 16.2. The van der Waals surface area contributed by atoms with Crippen LogP contribution in [-0.2, 0) is 11.3 Å². The van der Waals surface area contributed by atoms with Gasteiger partial charge in [0.15, 0.2) is 0 Å². The molecular formula is C20H24N4O5. The lowest BCUT2D eigenvalue weighted by Gasteiger charge is -2.18. The molecule has 0 saturated carbocycles. The number of carbonyl (C=O) groups is 1. The summed E-state index contributed by atoms with van der Waals surface area (Å²) in [6, 6.07) is 5.53. The molecule has 29 heavy (non-hydrogen) atoms. The zero-order valence-electron chi connectivity index (χ0n) is 17.1. The summed E-state index contributed by atoms with van der Waals surface area (Å²) in [5.74, 6) is 1.73. The summed E-state index contributed by atoms with van der Waals surface area (Å²) in [6.45, 7) is 4.08. The Labute approximate surface area is 167 Å². The molecule has 0 saturated heterocycles. The first-order valence-electron chi connectivity index (χ1n) is 9.01. The van der Waals surface area contributed by atoms with Crippen molar-refractivity contribution in [2.45, 2.75) is 20.4 Å². The van der Waals surface area contributed by atoms with Crippen LogP contribution in [-0.4, -0.2) is 48.8 Å². The first kappa shape index (κ1) is 20.4. The number of ether oxygens (including phenoxy) is 2. The maximum atomic E-state index is 12.5. The predicted octanol–water partition coefficient (Wildman–Crippen LogP) is 2.22. The highest BCUT2D eigenvalue weighted by Crippen LogP contribution is 2.28. The van der Waals surface area contributed by atoms with Gasteiger partial charge in [0.2, 0.25) is 11.8 Å². The number of nitrogens with one attached hydrogen (secondary N) is 2. The number of H-pyrrole nitrogens is 1. The third kappa shape index (κ3) is 4.24. The van der Waals surface area contributed by atoms with Crippen molar-refractivity contribution in [2.24, 2.45) is 0 Å². The predicted molar refractivity (Wildman–Crippen MR) is 109 cm³/mol. The molecule has 9 heteroatoms. The Hall–Kier alpha value is -3.33. The van der Waals surface area contributed by atoms with Gasteiger partial charge in [0.05, 0.1) is 31.8 Å². The minimum absolute atomic E-state index is 0.0956. The van der Waals surface area contributed by atoms with Crippen molar-refractivity contribution in [3.8, 4) is 11.5 Å². The molecule has 2 N–H and O–H groups in total. The average molecular weight is 400 g/mol. The highest BCUT2D eigenvalue weighted by molar-refractivity contribution is 6.01. The lowest BCUT2D eigenvalue weighted by Crippen LogP contribution is -2.30. The Bertz CT molecular complexity index is 1100. The number of amides is 1. The molecule has 3 rings (SSSR count). The van der Waals surface area contributed by atoms with Gasteiger partial charge in [-0.15, -0.1) is 0 Å². The van der Waals surface area contributed by atoms with Gasteiger partial charge in [0.1, 0.15) is 22.6 Å². The van der Waals surface area contributed by atoms with Crippen LogP contribution in [0.25, 0.3) is 10.8 Å². The maximum absolute atomic E-state index is 12.5. The number of rotatable bonds is 7. The second kappa shape index (κ2) is 8.36. The number of furan rings is 1. The van der Waals surface area contributed by atoms with Crippen molar-refractivity contribution in [2.75, 3.05) is 33.1 Å². The summed E-state index contributed by atoms with van der Waals surface area (Å²) in [5.41, 5.74) is 1.14. The number of anilines is 1. The molecule has 2 aromatic heterocycles. The van der Waals surface area contributed by atoms with Crippen LogP contribution in [0, 0.1) is 13.8 Å². The van der Waals surface area contributed by atoms with E-state index in [0.29, 0.717) is 40.3 Å². The van der Waals surface area contributed by atoms with E-state index in [-0.39, 0.29) is 18.3 Å². The van der Waals surface area contributed by atoms with Crippen molar-refractivity contribution in [3.05, 3.63) is 45.6 Å². The molecule has 0 unspecified atom stereocenters. The van der Waals surface area contributed by atoms with Gasteiger partial charge in [0, 0.05) is 18.2 Å². The van der Waals surface area contributed by atoms with Gasteiger partial charge < -0.3 is 13.9 Å². The lowest BCUT2D eigenvalue weighted by atomic mass is 10.1. The maximum Gasteiger partial charge on any atom is 0.277 e. The smallest absolute Gasteiger partial charge is 0.277 e. The van der Waals surface area contributed by atoms with Crippen molar-refractivity contribution < 1.29 is 18.7 Å². The van der Waals surface area contributed by atoms with Crippen molar-refractivity contribution in [1.82, 2.24) is 15.1 Å². The zero-order chi connectivity index (χ0) is 21.1. The van der Waals surface area contributed by atoms with E-state index >= 15 is 0 Å². The van der Waals surface area contributed by atoms with Crippen LogP contribution in [0.3, 0.4) is 0 Å². The SMILES string of the molecule is COc1ccc(CN(C)CC(=O)Nc2oc(C)c3c(C)n[nH]c(=O)c23)c(OC)c1. The topological polar surface area (TPSA) is 110 Å². The van der Waals surface area contributed by atoms with Gasteiger partial charge in [0.25, 0.3) is 5.56 Å². The first-order valence-corrected chi connectivity index (χ1v) is 9.01. The van der Waals surface area contributed by atoms with Crippen LogP contribution in [0.15, 0.2) is 27.4 Å². The normalized spacial score (nSPS) is 11.1. The number of benzene rings is 1. The second-order valence-corrected chi connectivity index (χ2v) is 6.77. The number of methoxy groups -OCH3 is 2. The summed E-state index contributed by atoms with van der Waals surface area (Å²) >= 11 is 0. The zero-order valence-corrected chi connectivity index (χ0v) is 17.1. The van der Waals surface area contributed by atoms with E-state index in [9.17, 15) is 9.59 Å². The molecule has 0 atom stereocenters. The van der Waals surface area contributed by atoms with E-state index in [1.54, 1.807) is 34.1 Å². The Morgan fingerprint density at radius 1 is 1.24 bits per heavy atom. The second-order valence-electron chi connectivity index (χ2n) is 6.77. The van der Waals surface area contributed by atoms with Crippen LogP contribution in [0.1, 0.15) is 17.0 Å². The van der Waals surface area contributed by atoms with Crippen LogP contribution >= 0.6 is 0 Å². The first-order chi connectivity index (χ1) is 13.8. The Kier molecular flexibility index (Phi) is 5.88. The number of hydrogen-bond acceptors (Lipinski definition) is 7. The van der Waals surface area contributed by atoms with Gasteiger partial charge in [-0.25, -0.2) is 5.10 Å². The van der Waals surface area contributed by atoms with E-state index in [2.05, 4.69) is 15.5 Å². The molecule has 0 radical (unpaired) electrons. The Morgan fingerprint density at radius 2 is 2.00 bits per heavy atom. The fraction of sp³-hybridized carbons (Fsp3) is 0.350. The van der Waals surface area contributed by atoms with E-state index in [0.717, 1.165) is 5.56 Å². The lowest BCUT2D eigenvalue weighted by molar-refractivity contribution is -0.117. The number of aromatic amines is 1. The van der Waals surface area contributed by atoms with Gasteiger partial charge in [-0.3, -0.25) is 19.8 Å². The van der Waals surface area contributed by atoms with Crippen LogP contribution < -0.4 is 20.3 Å². The van der Waals surface area contributed by atoms with Crippen LogP contribution in [0.4, 0.5) is 5.88 Å². The fourth-order valence-electron chi connectivity index (χ4n) is 3.27. The number of likely N-dealkylation sites (N-methyl/N-ethyl adjacent to an activating group) is 1. The molecule has 0 bridgehead atoms. The number of aromatic nitrogens is 2. The number of hydrogen-bond donors (Lipinski definition) is 2. The van der Waals surface area contributed by atoms with E-state index in [1.807, 2.05) is 24.1 Å². The number of aryl methyl sites for hydroxylation is 2. The molecule has 9 nitrogen and oxygen atoms in total. The third-order valence-corrected chi connectivity index (χ3v) is 4.60. The quantitative estimate of drug-likeness (QED) is 0.626. The van der Waals surface area contributed by atoms with Crippen molar-refractivity contribution >= 4 is 22.6 Å². The average Bonchev–Trinajstić information content (AvgIpc) is 3.01. The van der Waals surface area contributed by atoms with E-state index < -0.39 is 5.56 Å². The summed E-state index contributed by atoms with van der Waals surface area (Å²) in [6.07, 6.45) is 0. The summed E-state index contributed by atoms with van der Waals surface area (Å²) in [5, 5.41) is 9.96. The molecular weight excluding hydrogens is 376 g/mol. The van der Waals surface area contributed by atoms with Crippen molar-refractivity contribution in [1.29, 1.82) is 0 Å². The van der Waals surface area contributed by atoms with Gasteiger partial charge in [-0.2, -0.15) is 5.10 Å². The molecule has 0 fully saturated rings. The number of fused-ring (bicyclic) bond motifs is 1. The Morgan fingerprint density at radius 3 is 2.69 bits per heavy atom. The third-order valence-electron chi connectivity index (χ3n) is 4.60. The summed E-state index contributed by atoms with van der Waals surface area (Å²) in [7, 11) is 4.99. The molecule has 3 aromatic rings. The van der Waals surface area contributed by atoms with Crippen molar-refractivity contribution in [3.63, 3.8) is 0 Å². The molecule has 0 aliphatic rings.